The molecule has 0 aromatic heterocycles. The summed E-state index contributed by atoms with van der Waals surface area (Å²) >= 11 is 24.8. The van der Waals surface area contributed by atoms with Crippen molar-refractivity contribution in [2.24, 2.45) is 0 Å². The normalized spacial score (nSPS) is 10.4. The standard InChI is InChI=1S/C16H15Cl3N2S2/c17-12-2-4-13(5-3-12)21-16(22)20-7-8-23-10-11-1-6-14(18)15(19)9-11/h1-6,9H,7-8,10H2,(H2,20,21,22). The van der Waals surface area contributed by atoms with E-state index in [2.05, 4.69) is 10.6 Å². The van der Waals surface area contributed by atoms with Crippen molar-refractivity contribution in [3.8, 4) is 0 Å². The van der Waals surface area contributed by atoms with E-state index < -0.39 is 0 Å². The third-order valence-electron chi connectivity index (χ3n) is 2.89. The summed E-state index contributed by atoms with van der Waals surface area (Å²) in [6.07, 6.45) is 0. The van der Waals surface area contributed by atoms with Gasteiger partial charge in [-0.25, -0.2) is 0 Å². The first-order valence-electron chi connectivity index (χ1n) is 6.86. The van der Waals surface area contributed by atoms with Crippen LogP contribution in [0, 0.1) is 0 Å². The van der Waals surface area contributed by atoms with Gasteiger partial charge >= 0.3 is 0 Å². The third-order valence-corrected chi connectivity index (χ3v) is 5.15. The smallest absolute Gasteiger partial charge is 0.170 e. The van der Waals surface area contributed by atoms with E-state index in [0.717, 1.165) is 29.3 Å². The maximum Gasteiger partial charge on any atom is 0.170 e. The lowest BCUT2D eigenvalue weighted by molar-refractivity contribution is 0.990. The number of hydrogen-bond donors (Lipinski definition) is 2. The van der Waals surface area contributed by atoms with Gasteiger partial charge in [-0.05, 0) is 54.2 Å². The van der Waals surface area contributed by atoms with Crippen molar-refractivity contribution in [2.45, 2.75) is 5.75 Å². The van der Waals surface area contributed by atoms with Gasteiger partial charge in [-0.1, -0.05) is 40.9 Å². The molecule has 0 amide bonds. The SMILES string of the molecule is S=C(NCCSCc1ccc(Cl)c(Cl)c1)Nc1ccc(Cl)cc1. The average Bonchev–Trinajstić information content (AvgIpc) is 2.53. The largest absolute Gasteiger partial charge is 0.362 e. The Balaban J connectivity index is 1.64. The van der Waals surface area contributed by atoms with Crippen molar-refractivity contribution < 1.29 is 0 Å². The molecule has 2 aromatic rings. The molecular weight excluding hydrogens is 391 g/mol. The van der Waals surface area contributed by atoms with Gasteiger partial charge < -0.3 is 10.6 Å². The first kappa shape index (κ1) is 18.7. The molecule has 0 bridgehead atoms. The number of benzene rings is 2. The number of nitrogens with one attached hydrogen (secondary N) is 2. The van der Waals surface area contributed by atoms with Crippen LogP contribution in [0.1, 0.15) is 5.56 Å². The van der Waals surface area contributed by atoms with E-state index in [0.29, 0.717) is 20.2 Å². The molecule has 0 spiro atoms. The highest BCUT2D eigenvalue weighted by atomic mass is 35.5. The van der Waals surface area contributed by atoms with E-state index in [1.165, 1.54) is 0 Å². The molecule has 0 saturated carbocycles. The van der Waals surface area contributed by atoms with Crippen LogP contribution < -0.4 is 10.6 Å². The van der Waals surface area contributed by atoms with Crippen LogP contribution in [0.5, 0.6) is 0 Å². The summed E-state index contributed by atoms with van der Waals surface area (Å²) in [6, 6.07) is 13.1. The molecule has 2 N–H and O–H groups in total. The zero-order chi connectivity index (χ0) is 16.7. The van der Waals surface area contributed by atoms with Gasteiger partial charge in [-0.15, -0.1) is 0 Å². The van der Waals surface area contributed by atoms with E-state index in [1.54, 1.807) is 11.8 Å². The van der Waals surface area contributed by atoms with Crippen molar-refractivity contribution in [2.75, 3.05) is 17.6 Å². The van der Waals surface area contributed by atoms with Gasteiger partial charge in [0.15, 0.2) is 5.11 Å². The maximum atomic E-state index is 6.00. The summed E-state index contributed by atoms with van der Waals surface area (Å²) in [5.41, 5.74) is 2.07. The molecule has 2 rings (SSSR count). The monoisotopic (exact) mass is 404 g/mol. The highest BCUT2D eigenvalue weighted by Gasteiger charge is 2.01. The fourth-order valence-electron chi connectivity index (χ4n) is 1.76. The summed E-state index contributed by atoms with van der Waals surface area (Å²) in [7, 11) is 0. The predicted molar refractivity (Wildman–Crippen MR) is 108 cm³/mol. The highest BCUT2D eigenvalue weighted by Crippen LogP contribution is 2.24. The molecule has 0 unspecified atom stereocenters. The average molecular weight is 406 g/mol. The van der Waals surface area contributed by atoms with Gasteiger partial charge in [-0.3, -0.25) is 0 Å². The number of halogens is 3. The second kappa shape index (κ2) is 9.60. The van der Waals surface area contributed by atoms with Crippen LogP contribution >= 0.6 is 58.8 Å². The van der Waals surface area contributed by atoms with E-state index in [9.17, 15) is 0 Å². The van der Waals surface area contributed by atoms with E-state index in [-0.39, 0.29) is 0 Å². The number of thiocarbonyl (C=S) groups is 1. The molecule has 122 valence electrons. The lowest BCUT2D eigenvalue weighted by atomic mass is 10.2. The molecule has 7 heteroatoms. The Kier molecular flexibility index (Phi) is 7.80. The summed E-state index contributed by atoms with van der Waals surface area (Å²) < 4.78 is 0. The fourth-order valence-corrected chi connectivity index (χ4v) is 3.24. The van der Waals surface area contributed by atoms with Crippen LogP contribution in [0.2, 0.25) is 15.1 Å². The maximum absolute atomic E-state index is 6.00. The van der Waals surface area contributed by atoms with Gasteiger partial charge in [-0.2, -0.15) is 11.8 Å². The fraction of sp³-hybridized carbons (Fsp3) is 0.188. The molecule has 0 aliphatic heterocycles. The molecule has 0 atom stereocenters. The molecule has 0 saturated heterocycles. The molecule has 0 heterocycles. The minimum absolute atomic E-state index is 0.584. The Labute approximate surface area is 160 Å². The highest BCUT2D eigenvalue weighted by molar-refractivity contribution is 7.98. The predicted octanol–water partition coefficient (Wildman–Crippen LogP) is 5.87. The van der Waals surface area contributed by atoms with Crippen LogP contribution in [-0.4, -0.2) is 17.4 Å². The molecule has 0 aliphatic rings. The molecule has 2 aromatic carbocycles. The number of thioether (sulfide) groups is 1. The molecule has 0 fully saturated rings. The molecule has 0 radical (unpaired) electrons. The quantitative estimate of drug-likeness (QED) is 0.464. The summed E-state index contributed by atoms with van der Waals surface area (Å²) in [4.78, 5) is 0. The lowest BCUT2D eigenvalue weighted by Gasteiger charge is -2.10. The summed E-state index contributed by atoms with van der Waals surface area (Å²) in [5.74, 6) is 1.82. The Morgan fingerprint density at radius 1 is 1.00 bits per heavy atom. The Bertz CT molecular complexity index is 663. The number of rotatable bonds is 6. The van der Waals surface area contributed by atoms with Crippen LogP contribution in [-0.2, 0) is 5.75 Å². The topological polar surface area (TPSA) is 24.1 Å². The third kappa shape index (κ3) is 6.77. The molecule has 23 heavy (non-hydrogen) atoms. The first-order chi connectivity index (χ1) is 11.0. The Morgan fingerprint density at radius 2 is 1.74 bits per heavy atom. The molecule has 0 aliphatic carbocycles. The Morgan fingerprint density at radius 3 is 2.43 bits per heavy atom. The minimum atomic E-state index is 0.584. The summed E-state index contributed by atoms with van der Waals surface area (Å²) in [6.45, 7) is 0.783. The van der Waals surface area contributed by atoms with E-state index in [1.807, 2.05) is 42.5 Å². The number of anilines is 1. The first-order valence-corrected chi connectivity index (χ1v) is 9.56. The van der Waals surface area contributed by atoms with Crippen molar-refractivity contribution in [3.63, 3.8) is 0 Å². The van der Waals surface area contributed by atoms with Crippen molar-refractivity contribution >= 4 is 69.6 Å². The van der Waals surface area contributed by atoms with Crippen LogP contribution in [0.3, 0.4) is 0 Å². The second-order valence-corrected chi connectivity index (χ2v) is 7.45. The lowest BCUT2D eigenvalue weighted by Crippen LogP contribution is -2.30. The van der Waals surface area contributed by atoms with Gasteiger partial charge in [0, 0.05) is 28.8 Å². The zero-order valence-electron chi connectivity index (χ0n) is 12.1. The van der Waals surface area contributed by atoms with E-state index in [4.69, 9.17) is 47.0 Å². The molecule has 2 nitrogen and oxygen atoms in total. The second-order valence-electron chi connectivity index (χ2n) is 4.69. The zero-order valence-corrected chi connectivity index (χ0v) is 16.0. The van der Waals surface area contributed by atoms with Gasteiger partial charge in [0.25, 0.3) is 0 Å². The Hall–Kier alpha value is -0.650. The number of hydrogen-bond acceptors (Lipinski definition) is 2. The van der Waals surface area contributed by atoms with Crippen molar-refractivity contribution in [1.82, 2.24) is 5.32 Å². The molecular formula is C16H15Cl3N2S2. The van der Waals surface area contributed by atoms with Gasteiger partial charge in [0.1, 0.15) is 0 Å². The van der Waals surface area contributed by atoms with Gasteiger partial charge in [0.2, 0.25) is 0 Å². The van der Waals surface area contributed by atoms with Crippen LogP contribution in [0.15, 0.2) is 42.5 Å². The van der Waals surface area contributed by atoms with Crippen LogP contribution in [0.25, 0.3) is 0 Å². The summed E-state index contributed by atoms with van der Waals surface area (Å²) in [5, 5.41) is 8.76. The minimum Gasteiger partial charge on any atom is -0.362 e. The van der Waals surface area contributed by atoms with Crippen molar-refractivity contribution in [3.05, 3.63) is 63.1 Å². The van der Waals surface area contributed by atoms with Crippen LogP contribution in [0.4, 0.5) is 5.69 Å². The van der Waals surface area contributed by atoms with E-state index >= 15 is 0 Å². The van der Waals surface area contributed by atoms with Gasteiger partial charge in [0.05, 0.1) is 10.0 Å². The van der Waals surface area contributed by atoms with Crippen molar-refractivity contribution in [1.29, 1.82) is 0 Å².